The number of H-pyrrole nitrogens is 1. The van der Waals surface area contributed by atoms with Crippen LogP contribution in [0, 0.1) is 5.92 Å². The minimum absolute atomic E-state index is 0.0541. The van der Waals surface area contributed by atoms with Crippen LogP contribution in [-0.4, -0.2) is 82.5 Å². The van der Waals surface area contributed by atoms with Crippen molar-refractivity contribution in [2.45, 2.75) is 63.7 Å². The Morgan fingerprint density at radius 3 is 2.29 bits per heavy atom. The summed E-state index contributed by atoms with van der Waals surface area (Å²) in [5, 5.41) is 18.4. The van der Waals surface area contributed by atoms with Gasteiger partial charge >= 0.3 is 5.97 Å². The number of thioether (sulfide) groups is 1. The first-order valence-corrected chi connectivity index (χ1v) is 14.8. The maximum Gasteiger partial charge on any atom is 0.326 e. The standard InChI is InChI=1S/C27H42N8O5S/c1-15(2)22(26(39)40)35-24(37)20(10-12-41-3)33-25(38)21(13-16-14-32-19-9-5-4-7-17(16)19)34-23(36)18(28)8-6-11-31-27(29)30/h4-5,7,9,14-15,18,20-22,32H,6,8,10-13,28H2,1-3H3,(H,33,38)(H,34,36)(H,35,37)(H,39,40)(H4,29,30,31). The Morgan fingerprint density at radius 1 is 1.00 bits per heavy atom. The van der Waals surface area contributed by atoms with Crippen molar-refractivity contribution in [2.24, 2.45) is 28.1 Å². The van der Waals surface area contributed by atoms with E-state index in [1.165, 1.54) is 11.8 Å². The number of nitrogens with one attached hydrogen (secondary N) is 4. The summed E-state index contributed by atoms with van der Waals surface area (Å²) in [6.45, 7) is 3.67. The average molecular weight is 591 g/mol. The third-order valence-electron chi connectivity index (χ3n) is 6.51. The highest BCUT2D eigenvalue weighted by Gasteiger charge is 2.31. The summed E-state index contributed by atoms with van der Waals surface area (Å²) in [4.78, 5) is 58.4. The zero-order valence-electron chi connectivity index (χ0n) is 23.7. The van der Waals surface area contributed by atoms with Crippen molar-refractivity contribution in [1.82, 2.24) is 20.9 Å². The molecule has 11 N–H and O–H groups in total. The quantitative estimate of drug-likeness (QED) is 0.0705. The van der Waals surface area contributed by atoms with Gasteiger partial charge in [-0.1, -0.05) is 32.0 Å². The Bertz CT molecular complexity index is 1210. The van der Waals surface area contributed by atoms with Crippen molar-refractivity contribution in [1.29, 1.82) is 0 Å². The molecule has 0 bridgehead atoms. The summed E-state index contributed by atoms with van der Waals surface area (Å²) in [7, 11) is 0. The molecule has 13 nitrogen and oxygen atoms in total. The summed E-state index contributed by atoms with van der Waals surface area (Å²) in [5.41, 5.74) is 18.4. The van der Waals surface area contributed by atoms with E-state index in [-0.39, 0.29) is 31.1 Å². The number of hydrogen-bond donors (Lipinski definition) is 8. The van der Waals surface area contributed by atoms with Gasteiger partial charge in [0.25, 0.3) is 0 Å². The predicted molar refractivity (Wildman–Crippen MR) is 161 cm³/mol. The molecule has 0 fully saturated rings. The first-order chi connectivity index (χ1) is 19.4. The maximum absolute atomic E-state index is 13.6. The molecule has 4 unspecified atom stereocenters. The van der Waals surface area contributed by atoms with Crippen LogP contribution < -0.4 is 33.2 Å². The fraction of sp³-hybridized carbons (Fsp3) is 0.519. The van der Waals surface area contributed by atoms with Crippen LogP contribution in [0.15, 0.2) is 35.5 Å². The number of guanidine groups is 1. The number of nitrogens with two attached hydrogens (primary N) is 3. The Morgan fingerprint density at radius 2 is 1.66 bits per heavy atom. The number of hydrogen-bond acceptors (Lipinski definition) is 7. The molecule has 0 saturated carbocycles. The van der Waals surface area contributed by atoms with E-state index < -0.39 is 47.9 Å². The lowest BCUT2D eigenvalue weighted by Gasteiger charge is -2.26. The van der Waals surface area contributed by atoms with Crippen LogP contribution in [0.25, 0.3) is 10.9 Å². The second kappa shape index (κ2) is 16.5. The molecule has 0 saturated heterocycles. The normalized spacial score (nSPS) is 14.1. The molecule has 3 amide bonds. The molecule has 0 spiro atoms. The Hall–Kier alpha value is -3.78. The van der Waals surface area contributed by atoms with Crippen LogP contribution >= 0.6 is 11.8 Å². The average Bonchev–Trinajstić information content (AvgIpc) is 3.33. The number of aromatic nitrogens is 1. The van der Waals surface area contributed by atoms with E-state index in [2.05, 4.69) is 25.9 Å². The van der Waals surface area contributed by atoms with E-state index in [9.17, 15) is 24.3 Å². The number of aromatic amines is 1. The number of nitrogens with zero attached hydrogens (tertiary/aromatic N) is 1. The lowest BCUT2D eigenvalue weighted by molar-refractivity contribution is -0.143. The van der Waals surface area contributed by atoms with Crippen molar-refractivity contribution in [3.8, 4) is 0 Å². The van der Waals surface area contributed by atoms with Crippen LogP contribution in [0.4, 0.5) is 0 Å². The van der Waals surface area contributed by atoms with E-state index in [0.29, 0.717) is 18.7 Å². The smallest absolute Gasteiger partial charge is 0.326 e. The Balaban J connectivity index is 2.25. The number of carboxylic acid groups (broad SMARTS) is 1. The molecule has 0 radical (unpaired) electrons. The highest BCUT2D eigenvalue weighted by molar-refractivity contribution is 7.98. The molecular weight excluding hydrogens is 548 g/mol. The number of carboxylic acids is 1. The second-order valence-corrected chi connectivity index (χ2v) is 11.1. The van der Waals surface area contributed by atoms with Gasteiger partial charge in [0.05, 0.1) is 6.04 Å². The Kier molecular flexibility index (Phi) is 13.4. The number of carbonyl (C=O) groups excluding carboxylic acids is 3. The number of fused-ring (bicyclic) bond motifs is 1. The summed E-state index contributed by atoms with van der Waals surface area (Å²) in [6.07, 6.45) is 4.77. The van der Waals surface area contributed by atoms with E-state index in [1.54, 1.807) is 20.0 Å². The summed E-state index contributed by atoms with van der Waals surface area (Å²) < 4.78 is 0. The van der Waals surface area contributed by atoms with E-state index in [0.717, 1.165) is 16.5 Å². The minimum atomic E-state index is -1.17. The molecule has 14 heteroatoms. The van der Waals surface area contributed by atoms with Crippen LogP contribution in [0.2, 0.25) is 0 Å². The van der Waals surface area contributed by atoms with Gasteiger partial charge in [0.1, 0.15) is 18.1 Å². The van der Waals surface area contributed by atoms with E-state index in [4.69, 9.17) is 17.2 Å². The molecule has 4 atom stereocenters. The van der Waals surface area contributed by atoms with Gasteiger partial charge in [-0.2, -0.15) is 11.8 Å². The SMILES string of the molecule is CSCCC(NC(=O)C(Cc1c[nH]c2ccccc12)NC(=O)C(N)CCCN=C(N)N)C(=O)NC(C(=O)O)C(C)C. The number of rotatable bonds is 17. The predicted octanol–water partition coefficient (Wildman–Crippen LogP) is 0.0394. The van der Waals surface area contributed by atoms with Gasteiger partial charge in [-0.3, -0.25) is 19.4 Å². The molecular formula is C27H42N8O5S. The molecule has 1 aromatic carbocycles. The number of carbonyl (C=O) groups is 4. The molecule has 2 aromatic rings. The van der Waals surface area contributed by atoms with Gasteiger partial charge in [-0.05, 0) is 48.8 Å². The van der Waals surface area contributed by atoms with Crippen molar-refractivity contribution < 1.29 is 24.3 Å². The van der Waals surface area contributed by atoms with Gasteiger partial charge in [0.15, 0.2) is 5.96 Å². The third-order valence-corrected chi connectivity index (χ3v) is 7.15. The Labute approximate surface area is 243 Å². The molecule has 2 rings (SSSR count). The van der Waals surface area contributed by atoms with Crippen LogP contribution in [0.3, 0.4) is 0 Å². The van der Waals surface area contributed by atoms with Gasteiger partial charge in [0.2, 0.25) is 17.7 Å². The molecule has 0 aliphatic rings. The van der Waals surface area contributed by atoms with Crippen molar-refractivity contribution in [3.05, 3.63) is 36.0 Å². The van der Waals surface area contributed by atoms with Crippen LogP contribution in [0.5, 0.6) is 0 Å². The van der Waals surface area contributed by atoms with Gasteiger partial charge in [-0.25, -0.2) is 4.79 Å². The molecule has 0 aliphatic heterocycles. The summed E-state index contributed by atoms with van der Waals surface area (Å²) >= 11 is 1.48. The van der Waals surface area contributed by atoms with Gasteiger partial charge < -0.3 is 43.2 Å². The maximum atomic E-state index is 13.6. The minimum Gasteiger partial charge on any atom is -0.480 e. The lowest BCUT2D eigenvalue weighted by atomic mass is 10.0. The van der Waals surface area contributed by atoms with Gasteiger partial charge in [-0.15, -0.1) is 0 Å². The second-order valence-electron chi connectivity index (χ2n) is 10.1. The van der Waals surface area contributed by atoms with Crippen molar-refractivity contribution >= 4 is 52.3 Å². The van der Waals surface area contributed by atoms with Crippen molar-refractivity contribution in [3.63, 3.8) is 0 Å². The third kappa shape index (κ3) is 10.6. The van der Waals surface area contributed by atoms with Crippen LogP contribution in [-0.2, 0) is 25.6 Å². The van der Waals surface area contributed by atoms with E-state index in [1.807, 2.05) is 30.5 Å². The fourth-order valence-corrected chi connectivity index (χ4v) is 4.67. The van der Waals surface area contributed by atoms with Gasteiger partial charge in [0, 0.05) is 30.1 Å². The number of benzene rings is 1. The lowest BCUT2D eigenvalue weighted by Crippen LogP contribution is -2.58. The number of para-hydroxylation sites is 1. The highest BCUT2D eigenvalue weighted by Crippen LogP contribution is 2.19. The molecule has 226 valence electrons. The van der Waals surface area contributed by atoms with Crippen molar-refractivity contribution in [2.75, 3.05) is 18.6 Å². The molecule has 1 aromatic heterocycles. The molecule has 1 heterocycles. The zero-order chi connectivity index (χ0) is 30.5. The number of aliphatic imine (C=N–C) groups is 1. The number of aliphatic carboxylic acids is 1. The topological polar surface area (TPSA) is 231 Å². The first kappa shape index (κ1) is 33.4. The first-order valence-electron chi connectivity index (χ1n) is 13.4. The summed E-state index contributed by atoms with van der Waals surface area (Å²) in [5.74, 6) is -2.78. The summed E-state index contributed by atoms with van der Waals surface area (Å²) in [6, 6.07) is 3.45. The molecule has 41 heavy (non-hydrogen) atoms. The zero-order valence-corrected chi connectivity index (χ0v) is 24.5. The number of amides is 3. The van der Waals surface area contributed by atoms with E-state index >= 15 is 0 Å². The largest absolute Gasteiger partial charge is 0.480 e. The fourth-order valence-electron chi connectivity index (χ4n) is 4.20. The highest BCUT2D eigenvalue weighted by atomic mass is 32.2. The molecule has 0 aliphatic carbocycles. The monoisotopic (exact) mass is 590 g/mol. The van der Waals surface area contributed by atoms with Crippen LogP contribution in [0.1, 0.15) is 38.7 Å².